The highest BCUT2D eigenvalue weighted by molar-refractivity contribution is 5.69. The largest absolute Gasteiger partial charge is 0.463 e. The van der Waals surface area contributed by atoms with Gasteiger partial charge < -0.3 is 52.5 Å². The molecule has 0 radical (unpaired) electrons. The van der Waals surface area contributed by atoms with Gasteiger partial charge in [0.15, 0.2) is 30.7 Å². The topological polar surface area (TPSA) is 232 Å². The SMILES string of the molecule is CC(=O)OCC1O[C@H](OCC2OC(OC(C)=O)C(OC(C)=O)C(OC(C)=O)[C@@H]2OC(C)=O)C(OC(C)=O)C(OC(C)=O)[C@H]1O. The maximum atomic E-state index is 12.1. The highest BCUT2D eigenvalue weighted by Gasteiger charge is 2.55. The molecule has 248 valence electrons. The van der Waals surface area contributed by atoms with E-state index in [9.17, 15) is 38.7 Å². The highest BCUT2D eigenvalue weighted by atomic mass is 16.8. The first-order valence-electron chi connectivity index (χ1n) is 13.3. The highest BCUT2D eigenvalue weighted by Crippen LogP contribution is 2.32. The van der Waals surface area contributed by atoms with Crippen LogP contribution < -0.4 is 0 Å². The molecule has 2 heterocycles. The van der Waals surface area contributed by atoms with Crippen LogP contribution in [0.25, 0.3) is 0 Å². The van der Waals surface area contributed by atoms with Crippen molar-refractivity contribution in [2.45, 2.75) is 110 Å². The summed E-state index contributed by atoms with van der Waals surface area (Å²) in [5.74, 6) is -5.98. The Labute approximate surface area is 251 Å². The van der Waals surface area contributed by atoms with Crippen LogP contribution in [-0.4, -0.2) is 122 Å². The first-order chi connectivity index (χ1) is 20.5. The van der Waals surface area contributed by atoms with Crippen molar-refractivity contribution in [1.82, 2.24) is 0 Å². The molecule has 2 fully saturated rings. The van der Waals surface area contributed by atoms with Crippen LogP contribution in [-0.2, 0) is 80.9 Å². The van der Waals surface area contributed by atoms with Crippen molar-refractivity contribution in [1.29, 1.82) is 0 Å². The number of carbonyl (C=O) groups excluding carboxylic acids is 7. The van der Waals surface area contributed by atoms with E-state index in [1.165, 1.54) is 0 Å². The number of esters is 7. The minimum atomic E-state index is -1.69. The standard InChI is InChI=1S/C26H36O18/c1-10(27)35-8-17-19(34)21(38-12(3)29)23(40-14(5)31)25(43-17)36-9-18-20(37-11(2)28)22(39-13(4)30)24(41-15(6)32)26(44-18)42-16(7)33/h17-26,34H,8-9H2,1-7H3/t17?,18?,19-,20+,21?,22?,23?,24?,25-,26?/m0/s1. The molecular formula is C26H36O18. The molecular weight excluding hydrogens is 600 g/mol. The van der Waals surface area contributed by atoms with Crippen LogP contribution in [0.2, 0.25) is 0 Å². The average Bonchev–Trinajstić information content (AvgIpc) is 2.87. The zero-order valence-corrected chi connectivity index (χ0v) is 25.1. The molecule has 0 aromatic heterocycles. The molecule has 0 aromatic carbocycles. The molecule has 2 saturated heterocycles. The summed E-state index contributed by atoms with van der Waals surface area (Å²) in [5, 5.41) is 10.8. The van der Waals surface area contributed by atoms with Crippen LogP contribution in [0.5, 0.6) is 0 Å². The summed E-state index contributed by atoms with van der Waals surface area (Å²) >= 11 is 0. The van der Waals surface area contributed by atoms with E-state index in [0.29, 0.717) is 0 Å². The number of rotatable bonds is 11. The second-order valence-electron chi connectivity index (χ2n) is 9.69. The molecule has 2 aliphatic rings. The van der Waals surface area contributed by atoms with E-state index in [0.717, 1.165) is 48.5 Å². The molecule has 0 spiro atoms. The van der Waals surface area contributed by atoms with Crippen molar-refractivity contribution >= 4 is 41.8 Å². The van der Waals surface area contributed by atoms with Crippen molar-refractivity contribution in [2.75, 3.05) is 13.2 Å². The van der Waals surface area contributed by atoms with Gasteiger partial charge in [-0.05, 0) is 0 Å². The molecule has 2 rings (SSSR count). The van der Waals surface area contributed by atoms with Crippen molar-refractivity contribution in [2.24, 2.45) is 0 Å². The summed E-state index contributed by atoms with van der Waals surface area (Å²) < 4.78 is 53.7. The van der Waals surface area contributed by atoms with Gasteiger partial charge in [-0.25, -0.2) is 0 Å². The van der Waals surface area contributed by atoms with E-state index in [4.69, 9.17) is 47.4 Å². The molecule has 2 aliphatic heterocycles. The third-order valence-corrected chi connectivity index (χ3v) is 5.88. The van der Waals surface area contributed by atoms with Gasteiger partial charge in [0, 0.05) is 48.5 Å². The van der Waals surface area contributed by atoms with E-state index in [1.807, 2.05) is 0 Å². The molecule has 1 N–H and O–H groups in total. The number of aliphatic hydroxyl groups is 1. The quantitative estimate of drug-likeness (QED) is 0.203. The Morgan fingerprint density at radius 1 is 0.477 bits per heavy atom. The van der Waals surface area contributed by atoms with E-state index < -0.39 is 116 Å². The Morgan fingerprint density at radius 2 is 0.886 bits per heavy atom. The van der Waals surface area contributed by atoms with Crippen LogP contribution in [0.1, 0.15) is 48.5 Å². The second kappa shape index (κ2) is 16.3. The first kappa shape index (κ1) is 36.3. The van der Waals surface area contributed by atoms with Crippen molar-refractivity contribution < 1.29 is 86.0 Å². The first-order valence-corrected chi connectivity index (χ1v) is 13.3. The molecule has 0 bridgehead atoms. The predicted molar refractivity (Wildman–Crippen MR) is 135 cm³/mol. The summed E-state index contributed by atoms with van der Waals surface area (Å²) in [7, 11) is 0. The Kier molecular flexibility index (Phi) is 13.4. The van der Waals surface area contributed by atoms with Crippen LogP contribution >= 0.6 is 0 Å². The van der Waals surface area contributed by atoms with Gasteiger partial charge >= 0.3 is 41.8 Å². The molecule has 44 heavy (non-hydrogen) atoms. The molecule has 7 unspecified atom stereocenters. The number of hydrogen-bond donors (Lipinski definition) is 1. The smallest absolute Gasteiger partial charge is 0.305 e. The van der Waals surface area contributed by atoms with E-state index in [-0.39, 0.29) is 0 Å². The van der Waals surface area contributed by atoms with E-state index in [1.54, 1.807) is 0 Å². The minimum absolute atomic E-state index is 0.524. The fourth-order valence-electron chi connectivity index (χ4n) is 4.44. The van der Waals surface area contributed by atoms with Crippen LogP contribution in [0, 0.1) is 0 Å². The van der Waals surface area contributed by atoms with Gasteiger partial charge in [0.25, 0.3) is 0 Å². The Morgan fingerprint density at radius 3 is 1.36 bits per heavy atom. The molecule has 0 aliphatic carbocycles. The average molecular weight is 637 g/mol. The lowest BCUT2D eigenvalue weighted by Gasteiger charge is -2.45. The molecule has 0 amide bonds. The van der Waals surface area contributed by atoms with Gasteiger partial charge in [0.2, 0.25) is 12.4 Å². The Bertz CT molecular complexity index is 1090. The van der Waals surface area contributed by atoms with Gasteiger partial charge in [0.05, 0.1) is 6.61 Å². The summed E-state index contributed by atoms with van der Waals surface area (Å²) in [6, 6.07) is 0. The van der Waals surface area contributed by atoms with Crippen molar-refractivity contribution in [3.8, 4) is 0 Å². The Hall–Kier alpha value is -3.87. The Balaban J connectivity index is 2.49. The number of carbonyl (C=O) groups is 7. The fourth-order valence-corrected chi connectivity index (χ4v) is 4.44. The van der Waals surface area contributed by atoms with Gasteiger partial charge in [0.1, 0.15) is 24.9 Å². The summed E-state index contributed by atoms with van der Waals surface area (Å²) in [5.41, 5.74) is 0. The molecule has 0 saturated carbocycles. The fraction of sp³-hybridized carbons (Fsp3) is 0.731. The lowest BCUT2D eigenvalue weighted by atomic mass is 9.97. The number of ether oxygens (including phenoxy) is 10. The summed E-state index contributed by atoms with van der Waals surface area (Å²) in [6.45, 7) is 6.12. The maximum absolute atomic E-state index is 12.1. The third-order valence-electron chi connectivity index (χ3n) is 5.88. The van der Waals surface area contributed by atoms with E-state index in [2.05, 4.69) is 0 Å². The monoisotopic (exact) mass is 636 g/mol. The van der Waals surface area contributed by atoms with Crippen LogP contribution in [0.3, 0.4) is 0 Å². The molecule has 0 aromatic rings. The predicted octanol–water partition coefficient (Wildman–Crippen LogP) is -1.40. The van der Waals surface area contributed by atoms with Crippen molar-refractivity contribution in [3.63, 3.8) is 0 Å². The normalized spacial score (nSPS) is 31.5. The summed E-state index contributed by atoms with van der Waals surface area (Å²) in [6.07, 6.45) is -15.6. The van der Waals surface area contributed by atoms with Gasteiger partial charge in [-0.3, -0.25) is 33.6 Å². The third kappa shape index (κ3) is 10.7. The zero-order valence-electron chi connectivity index (χ0n) is 25.1. The molecule has 10 atom stereocenters. The minimum Gasteiger partial charge on any atom is -0.463 e. The zero-order chi connectivity index (χ0) is 33.3. The van der Waals surface area contributed by atoms with Crippen LogP contribution in [0.4, 0.5) is 0 Å². The van der Waals surface area contributed by atoms with Gasteiger partial charge in [-0.2, -0.15) is 0 Å². The maximum Gasteiger partial charge on any atom is 0.305 e. The number of aliphatic hydroxyl groups excluding tert-OH is 1. The van der Waals surface area contributed by atoms with Crippen LogP contribution in [0.15, 0.2) is 0 Å². The lowest BCUT2D eigenvalue weighted by Crippen LogP contribution is -2.64. The van der Waals surface area contributed by atoms with E-state index >= 15 is 0 Å². The van der Waals surface area contributed by atoms with Gasteiger partial charge in [-0.1, -0.05) is 0 Å². The summed E-state index contributed by atoms with van der Waals surface area (Å²) in [4.78, 5) is 83.0. The molecule has 18 heteroatoms. The second-order valence-corrected chi connectivity index (χ2v) is 9.69. The van der Waals surface area contributed by atoms with Gasteiger partial charge in [-0.15, -0.1) is 0 Å². The van der Waals surface area contributed by atoms with Crippen molar-refractivity contribution in [3.05, 3.63) is 0 Å². The molecule has 18 nitrogen and oxygen atoms in total. The lowest BCUT2D eigenvalue weighted by molar-refractivity contribution is -0.330. The number of hydrogen-bond acceptors (Lipinski definition) is 18.